The molecule has 88 valence electrons. The van der Waals surface area contributed by atoms with Crippen molar-refractivity contribution in [1.29, 1.82) is 0 Å². The molecule has 5 nitrogen and oxygen atoms in total. The highest BCUT2D eigenvalue weighted by molar-refractivity contribution is 7.80. The molecule has 0 fully saturated rings. The molecule has 1 rings (SSSR count). The maximum absolute atomic E-state index is 11.7. The van der Waals surface area contributed by atoms with Gasteiger partial charge in [0, 0.05) is 45.4 Å². The third-order valence-electron chi connectivity index (χ3n) is 2.26. The molecule has 0 bridgehead atoms. The van der Waals surface area contributed by atoms with Gasteiger partial charge < -0.3 is 15.2 Å². The summed E-state index contributed by atoms with van der Waals surface area (Å²) in [4.78, 5) is 17.7. The molecule has 0 aliphatic rings. The zero-order valence-corrected chi connectivity index (χ0v) is 10.1. The zero-order chi connectivity index (χ0) is 12.0. The smallest absolute Gasteiger partial charge is 0.224 e. The first-order valence-corrected chi connectivity index (χ1v) is 5.48. The fourth-order valence-corrected chi connectivity index (χ4v) is 1.33. The molecule has 0 aliphatic carbocycles. The van der Waals surface area contributed by atoms with Gasteiger partial charge in [-0.25, -0.2) is 4.98 Å². The van der Waals surface area contributed by atoms with E-state index in [9.17, 15) is 4.79 Å². The van der Waals surface area contributed by atoms with E-state index in [1.165, 1.54) is 0 Å². The molecule has 0 saturated carbocycles. The number of thiocarbonyl (C=S) groups is 1. The van der Waals surface area contributed by atoms with Crippen LogP contribution >= 0.6 is 12.2 Å². The van der Waals surface area contributed by atoms with Gasteiger partial charge in [0.2, 0.25) is 5.91 Å². The molecule has 0 aromatic carbocycles. The number of carbonyl (C=O) groups is 1. The van der Waals surface area contributed by atoms with Crippen molar-refractivity contribution in [2.75, 3.05) is 13.6 Å². The summed E-state index contributed by atoms with van der Waals surface area (Å²) in [5.74, 6) is 0.0879. The van der Waals surface area contributed by atoms with Crippen LogP contribution in [0.2, 0.25) is 0 Å². The number of imidazole rings is 1. The van der Waals surface area contributed by atoms with Crippen LogP contribution in [0.4, 0.5) is 0 Å². The Kier molecular flexibility index (Phi) is 4.91. The maximum atomic E-state index is 11.7. The van der Waals surface area contributed by atoms with Crippen LogP contribution in [0.15, 0.2) is 18.7 Å². The summed E-state index contributed by atoms with van der Waals surface area (Å²) in [6.07, 6.45) is 6.26. The molecule has 1 heterocycles. The van der Waals surface area contributed by atoms with Gasteiger partial charge in [-0.3, -0.25) is 4.79 Å². The molecular weight excluding hydrogens is 224 g/mol. The Balaban J connectivity index is 2.26. The average molecular weight is 240 g/mol. The highest BCUT2D eigenvalue weighted by Gasteiger charge is 2.08. The second kappa shape index (κ2) is 6.22. The van der Waals surface area contributed by atoms with Crippen LogP contribution < -0.4 is 5.73 Å². The van der Waals surface area contributed by atoms with Crippen molar-refractivity contribution in [3.8, 4) is 0 Å². The zero-order valence-electron chi connectivity index (χ0n) is 9.30. The highest BCUT2D eigenvalue weighted by atomic mass is 32.1. The molecule has 0 radical (unpaired) electrons. The summed E-state index contributed by atoms with van der Waals surface area (Å²) in [6.45, 7) is 1.23. The lowest BCUT2D eigenvalue weighted by Crippen LogP contribution is -2.30. The minimum absolute atomic E-state index is 0.0879. The number of aromatic nitrogens is 2. The molecule has 1 aromatic rings. The summed E-state index contributed by atoms with van der Waals surface area (Å²) >= 11 is 4.76. The summed E-state index contributed by atoms with van der Waals surface area (Å²) in [5, 5.41) is 0. The fourth-order valence-electron chi connectivity index (χ4n) is 1.24. The Morgan fingerprint density at radius 1 is 1.56 bits per heavy atom. The van der Waals surface area contributed by atoms with Crippen LogP contribution in [-0.4, -0.2) is 38.9 Å². The van der Waals surface area contributed by atoms with Crippen molar-refractivity contribution in [2.24, 2.45) is 5.73 Å². The summed E-state index contributed by atoms with van der Waals surface area (Å²) in [6, 6.07) is 0. The van der Waals surface area contributed by atoms with Crippen LogP contribution in [0.3, 0.4) is 0 Å². The van der Waals surface area contributed by atoms with Gasteiger partial charge in [-0.05, 0) is 0 Å². The number of hydrogen-bond donors (Lipinski definition) is 1. The largest absolute Gasteiger partial charge is 0.393 e. The number of hydrogen-bond acceptors (Lipinski definition) is 3. The standard InChI is InChI=1S/C10H16N4OS/c1-13(5-2-9(11)16)10(15)3-6-14-7-4-12-8-14/h4,7-8H,2-3,5-6H2,1H3,(H2,11,16). The second-order valence-corrected chi connectivity index (χ2v) is 4.11. The molecule has 0 aliphatic heterocycles. The van der Waals surface area contributed by atoms with Crippen molar-refractivity contribution in [1.82, 2.24) is 14.5 Å². The third kappa shape index (κ3) is 4.39. The van der Waals surface area contributed by atoms with Crippen LogP contribution in [-0.2, 0) is 11.3 Å². The molecule has 0 atom stereocenters. The predicted octanol–water partition coefficient (Wildman–Crippen LogP) is 0.408. The average Bonchev–Trinajstić information content (AvgIpc) is 2.75. The van der Waals surface area contributed by atoms with Crippen molar-refractivity contribution in [2.45, 2.75) is 19.4 Å². The van der Waals surface area contributed by atoms with E-state index in [0.717, 1.165) is 0 Å². The highest BCUT2D eigenvalue weighted by Crippen LogP contribution is 1.97. The molecule has 0 spiro atoms. The molecular formula is C10H16N4OS. The normalized spacial score (nSPS) is 10.1. The SMILES string of the molecule is CN(CCC(N)=S)C(=O)CCn1ccnc1. The van der Waals surface area contributed by atoms with Crippen molar-refractivity contribution in [3.63, 3.8) is 0 Å². The van der Waals surface area contributed by atoms with E-state index >= 15 is 0 Å². The Bertz CT molecular complexity index is 350. The van der Waals surface area contributed by atoms with Gasteiger partial charge in [0.05, 0.1) is 11.3 Å². The van der Waals surface area contributed by atoms with Gasteiger partial charge in [-0.1, -0.05) is 12.2 Å². The summed E-state index contributed by atoms with van der Waals surface area (Å²) < 4.78 is 1.87. The first kappa shape index (κ1) is 12.6. The van der Waals surface area contributed by atoms with E-state index in [1.807, 2.05) is 10.8 Å². The Hall–Kier alpha value is -1.43. The minimum Gasteiger partial charge on any atom is -0.393 e. The maximum Gasteiger partial charge on any atom is 0.224 e. The number of rotatable bonds is 6. The minimum atomic E-state index is 0.0879. The molecule has 2 N–H and O–H groups in total. The summed E-state index contributed by atoms with van der Waals surface area (Å²) in [5.41, 5.74) is 5.37. The van der Waals surface area contributed by atoms with Crippen molar-refractivity contribution >= 4 is 23.1 Å². The van der Waals surface area contributed by atoms with E-state index in [-0.39, 0.29) is 5.91 Å². The molecule has 6 heteroatoms. The summed E-state index contributed by atoms with van der Waals surface area (Å²) in [7, 11) is 1.76. The third-order valence-corrected chi connectivity index (χ3v) is 2.47. The van der Waals surface area contributed by atoms with Gasteiger partial charge in [0.1, 0.15) is 0 Å². The molecule has 1 aromatic heterocycles. The van der Waals surface area contributed by atoms with Gasteiger partial charge in [0.15, 0.2) is 0 Å². The van der Waals surface area contributed by atoms with E-state index < -0.39 is 0 Å². The van der Waals surface area contributed by atoms with Crippen LogP contribution in [0, 0.1) is 0 Å². The number of nitrogens with zero attached hydrogens (tertiary/aromatic N) is 3. The lowest BCUT2D eigenvalue weighted by molar-refractivity contribution is -0.130. The van der Waals surface area contributed by atoms with Crippen LogP contribution in [0.5, 0.6) is 0 Å². The number of nitrogens with two attached hydrogens (primary N) is 1. The Labute approximate surface area is 100 Å². The van der Waals surface area contributed by atoms with Crippen LogP contribution in [0.25, 0.3) is 0 Å². The van der Waals surface area contributed by atoms with Gasteiger partial charge in [-0.2, -0.15) is 0 Å². The Morgan fingerprint density at radius 3 is 2.88 bits per heavy atom. The number of amides is 1. The van der Waals surface area contributed by atoms with Crippen LogP contribution in [0.1, 0.15) is 12.8 Å². The fraction of sp³-hybridized carbons (Fsp3) is 0.500. The Morgan fingerprint density at radius 2 is 2.31 bits per heavy atom. The first-order valence-electron chi connectivity index (χ1n) is 5.07. The van der Waals surface area contributed by atoms with E-state index in [4.69, 9.17) is 18.0 Å². The number of aryl methyl sites for hydroxylation is 1. The molecule has 0 saturated heterocycles. The van der Waals surface area contributed by atoms with Gasteiger partial charge in [0.25, 0.3) is 0 Å². The lowest BCUT2D eigenvalue weighted by Gasteiger charge is -2.16. The monoisotopic (exact) mass is 240 g/mol. The van der Waals surface area contributed by atoms with Crippen molar-refractivity contribution in [3.05, 3.63) is 18.7 Å². The molecule has 16 heavy (non-hydrogen) atoms. The quantitative estimate of drug-likeness (QED) is 0.731. The van der Waals surface area contributed by atoms with Gasteiger partial charge in [-0.15, -0.1) is 0 Å². The van der Waals surface area contributed by atoms with Gasteiger partial charge >= 0.3 is 0 Å². The van der Waals surface area contributed by atoms with Crippen molar-refractivity contribution < 1.29 is 4.79 Å². The molecule has 1 amide bonds. The van der Waals surface area contributed by atoms with E-state index in [2.05, 4.69) is 4.98 Å². The topological polar surface area (TPSA) is 64.2 Å². The molecule has 0 unspecified atom stereocenters. The van der Waals surface area contributed by atoms with E-state index in [0.29, 0.717) is 30.9 Å². The first-order chi connectivity index (χ1) is 7.59. The predicted molar refractivity (Wildman–Crippen MR) is 65.9 cm³/mol. The second-order valence-electron chi connectivity index (χ2n) is 3.58. The number of carbonyl (C=O) groups excluding carboxylic acids is 1. The van der Waals surface area contributed by atoms with E-state index in [1.54, 1.807) is 24.5 Å². The lowest BCUT2D eigenvalue weighted by atomic mass is 10.3.